The van der Waals surface area contributed by atoms with E-state index >= 15 is 0 Å². The third-order valence-corrected chi connectivity index (χ3v) is 2.58. The van der Waals surface area contributed by atoms with E-state index in [4.69, 9.17) is 14.6 Å². The first kappa shape index (κ1) is 12.9. The maximum Gasteiger partial charge on any atom is 0.331 e. The van der Waals surface area contributed by atoms with Gasteiger partial charge < -0.3 is 19.9 Å². The average molecular weight is 231 g/mol. The summed E-state index contributed by atoms with van der Waals surface area (Å²) in [5.74, 6) is -1.49. The number of ether oxygens (including phenoxy) is 2. The van der Waals surface area contributed by atoms with Crippen molar-refractivity contribution >= 4 is 11.9 Å². The number of hydrogen-bond donors (Lipinski definition) is 2. The molecule has 0 radical (unpaired) electrons. The van der Waals surface area contributed by atoms with Gasteiger partial charge in [-0.2, -0.15) is 0 Å². The molecular weight excluding hydrogens is 214 g/mol. The highest BCUT2D eigenvalue weighted by Crippen LogP contribution is 2.19. The van der Waals surface area contributed by atoms with E-state index in [2.05, 4.69) is 5.32 Å². The van der Waals surface area contributed by atoms with Crippen LogP contribution >= 0.6 is 0 Å². The van der Waals surface area contributed by atoms with Crippen LogP contribution < -0.4 is 5.32 Å². The molecule has 1 amide bonds. The van der Waals surface area contributed by atoms with E-state index in [1.54, 1.807) is 13.8 Å². The predicted octanol–water partition coefficient (Wildman–Crippen LogP) is -0.229. The van der Waals surface area contributed by atoms with Crippen LogP contribution in [-0.4, -0.2) is 48.4 Å². The van der Waals surface area contributed by atoms with Crippen LogP contribution in [0, 0.1) is 0 Å². The summed E-state index contributed by atoms with van der Waals surface area (Å²) in [4.78, 5) is 22.7. The van der Waals surface area contributed by atoms with Crippen LogP contribution in [0.5, 0.6) is 0 Å². The molecule has 1 fully saturated rings. The summed E-state index contributed by atoms with van der Waals surface area (Å²) in [5, 5.41) is 11.6. The van der Waals surface area contributed by atoms with Gasteiger partial charge in [0.15, 0.2) is 5.54 Å². The topological polar surface area (TPSA) is 84.9 Å². The second-order valence-electron chi connectivity index (χ2n) is 3.78. The van der Waals surface area contributed by atoms with Gasteiger partial charge in [-0.05, 0) is 13.8 Å². The van der Waals surface area contributed by atoms with Gasteiger partial charge in [-0.25, -0.2) is 4.79 Å². The number of amides is 1. The Morgan fingerprint density at radius 2 is 2.31 bits per heavy atom. The van der Waals surface area contributed by atoms with Gasteiger partial charge in [0, 0.05) is 19.6 Å². The van der Waals surface area contributed by atoms with Crippen LogP contribution in [0.3, 0.4) is 0 Å². The van der Waals surface area contributed by atoms with Gasteiger partial charge >= 0.3 is 5.97 Å². The third kappa shape index (κ3) is 2.70. The molecule has 2 atom stereocenters. The van der Waals surface area contributed by atoms with E-state index in [-0.39, 0.29) is 13.0 Å². The molecule has 0 saturated carbocycles. The number of carboxylic acid groups (broad SMARTS) is 1. The zero-order chi connectivity index (χ0) is 12.2. The molecule has 1 aliphatic rings. The molecule has 0 aromatic rings. The van der Waals surface area contributed by atoms with Crippen molar-refractivity contribution in [1.29, 1.82) is 0 Å². The van der Waals surface area contributed by atoms with E-state index in [9.17, 15) is 9.59 Å². The van der Waals surface area contributed by atoms with Gasteiger partial charge in [-0.3, -0.25) is 4.79 Å². The van der Waals surface area contributed by atoms with E-state index in [0.29, 0.717) is 13.2 Å². The molecule has 6 heteroatoms. The second kappa shape index (κ2) is 5.27. The predicted molar refractivity (Wildman–Crippen MR) is 55.0 cm³/mol. The summed E-state index contributed by atoms with van der Waals surface area (Å²) in [6, 6.07) is 0. The van der Waals surface area contributed by atoms with Crippen molar-refractivity contribution in [2.45, 2.75) is 31.9 Å². The number of carbonyl (C=O) groups excluding carboxylic acids is 1. The number of aliphatic carboxylic acids is 1. The van der Waals surface area contributed by atoms with Crippen LogP contribution in [0.25, 0.3) is 0 Å². The van der Waals surface area contributed by atoms with Crippen LogP contribution in [0.4, 0.5) is 0 Å². The van der Waals surface area contributed by atoms with Crippen LogP contribution in [-0.2, 0) is 19.1 Å². The summed E-state index contributed by atoms with van der Waals surface area (Å²) in [6.07, 6.45) is -0.366. The van der Waals surface area contributed by atoms with Gasteiger partial charge in [0.25, 0.3) is 0 Å². The van der Waals surface area contributed by atoms with Gasteiger partial charge in [0.1, 0.15) is 6.10 Å². The minimum absolute atomic E-state index is 0.00686. The number of nitrogens with one attached hydrogen (secondary N) is 1. The van der Waals surface area contributed by atoms with E-state index in [0.717, 1.165) is 0 Å². The van der Waals surface area contributed by atoms with E-state index in [1.807, 2.05) is 0 Å². The van der Waals surface area contributed by atoms with Crippen LogP contribution in [0.2, 0.25) is 0 Å². The second-order valence-corrected chi connectivity index (χ2v) is 3.78. The molecule has 0 aliphatic carbocycles. The summed E-state index contributed by atoms with van der Waals surface area (Å²) in [6.45, 7) is 4.12. The lowest BCUT2D eigenvalue weighted by atomic mass is 9.99. The monoisotopic (exact) mass is 231 g/mol. The van der Waals surface area contributed by atoms with Gasteiger partial charge in [0.05, 0.1) is 6.61 Å². The maximum absolute atomic E-state index is 11.6. The molecule has 1 aliphatic heterocycles. The van der Waals surface area contributed by atoms with Gasteiger partial charge in [-0.15, -0.1) is 0 Å². The molecule has 16 heavy (non-hydrogen) atoms. The van der Waals surface area contributed by atoms with Crippen molar-refractivity contribution < 1.29 is 24.2 Å². The van der Waals surface area contributed by atoms with Crippen molar-refractivity contribution in [3.8, 4) is 0 Å². The third-order valence-electron chi connectivity index (χ3n) is 2.58. The molecule has 1 heterocycles. The molecule has 0 spiro atoms. The van der Waals surface area contributed by atoms with Crippen molar-refractivity contribution in [1.82, 2.24) is 5.32 Å². The highest BCUT2D eigenvalue weighted by atomic mass is 16.5. The summed E-state index contributed by atoms with van der Waals surface area (Å²) in [7, 11) is 0. The lowest BCUT2D eigenvalue weighted by Crippen LogP contribution is -2.57. The zero-order valence-electron chi connectivity index (χ0n) is 9.49. The quantitative estimate of drug-likeness (QED) is 0.682. The SMILES string of the molecule is CCOC(C)C(=O)NC1(C(=O)O)CCOC1. The van der Waals surface area contributed by atoms with E-state index < -0.39 is 23.5 Å². The maximum atomic E-state index is 11.6. The summed E-state index contributed by atoms with van der Waals surface area (Å²) >= 11 is 0. The average Bonchev–Trinajstić information content (AvgIpc) is 2.68. The number of rotatable bonds is 5. The van der Waals surface area contributed by atoms with Crippen LogP contribution in [0.1, 0.15) is 20.3 Å². The minimum Gasteiger partial charge on any atom is -0.479 e. The van der Waals surface area contributed by atoms with Gasteiger partial charge in [0.2, 0.25) is 5.91 Å². The first-order valence-electron chi connectivity index (χ1n) is 5.26. The smallest absolute Gasteiger partial charge is 0.331 e. The number of carboxylic acids is 1. The molecule has 0 aromatic heterocycles. The van der Waals surface area contributed by atoms with Crippen molar-refractivity contribution in [2.75, 3.05) is 19.8 Å². The summed E-state index contributed by atoms with van der Waals surface area (Å²) < 4.78 is 10.1. The van der Waals surface area contributed by atoms with Crippen LogP contribution in [0.15, 0.2) is 0 Å². The Hall–Kier alpha value is -1.14. The standard InChI is InChI=1S/C10H17NO5/c1-3-16-7(2)8(12)11-10(9(13)14)4-5-15-6-10/h7H,3-6H2,1-2H3,(H,11,12)(H,13,14). The lowest BCUT2D eigenvalue weighted by Gasteiger charge is -2.25. The Morgan fingerprint density at radius 1 is 1.62 bits per heavy atom. The van der Waals surface area contributed by atoms with Crippen molar-refractivity contribution in [3.63, 3.8) is 0 Å². The van der Waals surface area contributed by atoms with Crippen molar-refractivity contribution in [2.24, 2.45) is 0 Å². The highest BCUT2D eigenvalue weighted by molar-refractivity contribution is 5.89. The highest BCUT2D eigenvalue weighted by Gasteiger charge is 2.44. The molecule has 6 nitrogen and oxygen atoms in total. The molecule has 2 N–H and O–H groups in total. The molecule has 1 rings (SSSR count). The lowest BCUT2D eigenvalue weighted by molar-refractivity contribution is -0.149. The normalized spacial score (nSPS) is 26.4. The number of hydrogen-bond acceptors (Lipinski definition) is 4. The minimum atomic E-state index is -1.29. The fraction of sp³-hybridized carbons (Fsp3) is 0.800. The van der Waals surface area contributed by atoms with Crippen molar-refractivity contribution in [3.05, 3.63) is 0 Å². The molecular formula is C10H17NO5. The molecule has 0 aromatic carbocycles. The largest absolute Gasteiger partial charge is 0.479 e. The molecule has 0 bridgehead atoms. The van der Waals surface area contributed by atoms with E-state index in [1.165, 1.54) is 0 Å². The summed E-state index contributed by atoms with van der Waals surface area (Å²) in [5.41, 5.74) is -1.29. The zero-order valence-corrected chi connectivity index (χ0v) is 9.49. The molecule has 1 saturated heterocycles. The number of carbonyl (C=O) groups is 2. The Bertz CT molecular complexity index is 272. The molecule has 2 unspecified atom stereocenters. The fourth-order valence-corrected chi connectivity index (χ4v) is 1.55. The Morgan fingerprint density at radius 3 is 2.75 bits per heavy atom. The van der Waals surface area contributed by atoms with Gasteiger partial charge in [-0.1, -0.05) is 0 Å². The fourth-order valence-electron chi connectivity index (χ4n) is 1.55. The Labute approximate surface area is 93.9 Å². The first-order chi connectivity index (χ1) is 7.52. The Balaban J connectivity index is 2.62. The molecule has 92 valence electrons. The first-order valence-corrected chi connectivity index (χ1v) is 5.26. The Kier molecular flexibility index (Phi) is 4.26.